The lowest BCUT2D eigenvalue weighted by molar-refractivity contribution is -0.398. The Morgan fingerprint density at radius 2 is 2.11 bits per heavy atom. The van der Waals surface area contributed by atoms with E-state index in [0.29, 0.717) is 11.5 Å². The molecule has 0 spiro atoms. The fourth-order valence-electron chi connectivity index (χ4n) is 2.49. The smallest absolute Gasteiger partial charge is 0.273 e. The van der Waals surface area contributed by atoms with E-state index in [4.69, 9.17) is 4.74 Å². The fraction of sp³-hybridized carbons (Fsp3) is 0.250. The predicted molar refractivity (Wildman–Crippen MR) is 93.3 cm³/mol. The van der Waals surface area contributed by atoms with Crippen LogP contribution in [0.2, 0.25) is 0 Å². The molecule has 0 unspecified atom stereocenters. The van der Waals surface area contributed by atoms with Gasteiger partial charge >= 0.3 is 0 Å². The van der Waals surface area contributed by atoms with Crippen LogP contribution in [0, 0.1) is 24.0 Å². The molecule has 11 nitrogen and oxygen atoms in total. The lowest BCUT2D eigenvalue weighted by Gasteiger charge is -2.14. The van der Waals surface area contributed by atoms with Crippen LogP contribution in [-0.4, -0.2) is 42.4 Å². The van der Waals surface area contributed by atoms with Crippen LogP contribution in [0.15, 0.2) is 29.6 Å². The Hall–Kier alpha value is -3.76. The van der Waals surface area contributed by atoms with E-state index in [1.54, 1.807) is 11.6 Å². The van der Waals surface area contributed by atoms with Crippen molar-refractivity contribution in [3.05, 3.63) is 51.6 Å². The number of aryl methyl sites for hydroxylation is 2. The lowest BCUT2D eigenvalue weighted by atomic mass is 10.2. The van der Waals surface area contributed by atoms with Gasteiger partial charge in [-0.25, -0.2) is 4.68 Å². The van der Waals surface area contributed by atoms with E-state index < -0.39 is 16.4 Å². The van der Waals surface area contributed by atoms with Crippen molar-refractivity contribution in [3.8, 4) is 17.4 Å². The zero-order valence-electron chi connectivity index (χ0n) is 14.9. The Labute approximate surface area is 153 Å². The minimum absolute atomic E-state index is 0.101. The van der Waals surface area contributed by atoms with Crippen molar-refractivity contribution in [1.82, 2.24) is 24.7 Å². The second-order valence-electron chi connectivity index (χ2n) is 5.62. The van der Waals surface area contributed by atoms with Crippen molar-refractivity contribution in [3.63, 3.8) is 0 Å². The minimum Gasteiger partial charge on any atom is -0.865 e. The van der Waals surface area contributed by atoms with Crippen LogP contribution >= 0.6 is 0 Å². The summed E-state index contributed by atoms with van der Waals surface area (Å²) in [5.41, 5.74) is 1.42. The first kappa shape index (κ1) is 18.0. The van der Waals surface area contributed by atoms with Gasteiger partial charge in [0.05, 0.1) is 23.4 Å². The molecular formula is C16H16N7O4-. The summed E-state index contributed by atoms with van der Waals surface area (Å²) in [4.78, 5) is 10.4. The third-order valence-electron chi connectivity index (χ3n) is 3.60. The number of aromatic nitrogens is 5. The van der Waals surface area contributed by atoms with E-state index in [2.05, 4.69) is 20.4 Å². The first-order chi connectivity index (χ1) is 12.9. The number of nitro benzene ring substituents is 1. The van der Waals surface area contributed by atoms with Crippen molar-refractivity contribution in [2.24, 2.45) is 5.10 Å². The van der Waals surface area contributed by atoms with Crippen LogP contribution < -0.4 is 9.84 Å². The third-order valence-corrected chi connectivity index (χ3v) is 3.60. The summed E-state index contributed by atoms with van der Waals surface area (Å²) >= 11 is 0. The standard InChI is InChI=1S/C16H17N7O4/c1-4-27-14-7-12(6-13(15(14)24)23(25)26)8-18-21-9-17-19-16(21)22-11(3)5-10(2)20-22/h5-9,24H,4H2,1-3H3/p-1. The van der Waals surface area contributed by atoms with Gasteiger partial charge in [0.1, 0.15) is 12.1 Å². The number of nitrogens with zero attached hydrogens (tertiary/aromatic N) is 7. The molecule has 0 bridgehead atoms. The average Bonchev–Trinajstić information content (AvgIpc) is 3.20. The highest BCUT2D eigenvalue weighted by Gasteiger charge is 2.14. The monoisotopic (exact) mass is 370 g/mol. The van der Waals surface area contributed by atoms with Gasteiger partial charge in [0.15, 0.2) is 0 Å². The highest BCUT2D eigenvalue weighted by Crippen LogP contribution is 2.34. The van der Waals surface area contributed by atoms with E-state index in [-0.39, 0.29) is 12.4 Å². The summed E-state index contributed by atoms with van der Waals surface area (Å²) in [6.45, 7) is 5.62. The quantitative estimate of drug-likeness (QED) is 0.363. The zero-order valence-corrected chi connectivity index (χ0v) is 14.9. The molecule has 0 atom stereocenters. The molecule has 0 N–H and O–H groups in total. The maximum Gasteiger partial charge on any atom is 0.273 e. The highest BCUT2D eigenvalue weighted by atomic mass is 16.6. The molecule has 140 valence electrons. The Balaban J connectivity index is 1.99. The van der Waals surface area contributed by atoms with Gasteiger partial charge in [-0.2, -0.15) is 14.9 Å². The van der Waals surface area contributed by atoms with Gasteiger partial charge in [-0.15, -0.1) is 10.2 Å². The second kappa shape index (κ2) is 7.23. The third kappa shape index (κ3) is 3.61. The molecule has 2 aromatic heterocycles. The van der Waals surface area contributed by atoms with Crippen molar-refractivity contribution >= 4 is 11.9 Å². The Bertz CT molecular complexity index is 1020. The number of rotatable bonds is 6. The predicted octanol–water partition coefficient (Wildman–Crippen LogP) is 1.34. The van der Waals surface area contributed by atoms with Crippen molar-refractivity contribution in [2.45, 2.75) is 20.8 Å². The van der Waals surface area contributed by atoms with Gasteiger partial charge in [0, 0.05) is 23.1 Å². The van der Waals surface area contributed by atoms with Crippen LogP contribution in [0.5, 0.6) is 11.5 Å². The highest BCUT2D eigenvalue weighted by molar-refractivity contribution is 5.83. The zero-order chi connectivity index (χ0) is 19.6. The molecule has 3 aromatic rings. The first-order valence-corrected chi connectivity index (χ1v) is 8.01. The van der Waals surface area contributed by atoms with E-state index in [0.717, 1.165) is 17.5 Å². The number of hydrogen-bond donors (Lipinski definition) is 0. The summed E-state index contributed by atoms with van der Waals surface area (Å²) in [6, 6.07) is 4.42. The summed E-state index contributed by atoms with van der Waals surface area (Å²) < 4.78 is 8.14. The molecule has 0 aliphatic heterocycles. The van der Waals surface area contributed by atoms with Crippen molar-refractivity contribution in [2.75, 3.05) is 6.61 Å². The largest absolute Gasteiger partial charge is 0.865 e. The molecule has 0 fully saturated rings. The first-order valence-electron chi connectivity index (χ1n) is 8.01. The molecule has 0 saturated heterocycles. The number of nitro groups is 1. The van der Waals surface area contributed by atoms with Crippen LogP contribution in [0.4, 0.5) is 5.69 Å². The lowest BCUT2D eigenvalue weighted by Crippen LogP contribution is -2.07. The maximum atomic E-state index is 12.0. The number of benzene rings is 1. The molecule has 0 saturated carbocycles. The summed E-state index contributed by atoms with van der Waals surface area (Å²) in [6.07, 6.45) is 2.73. The average molecular weight is 370 g/mol. The Morgan fingerprint density at radius 3 is 2.74 bits per heavy atom. The van der Waals surface area contributed by atoms with Crippen LogP contribution in [-0.2, 0) is 0 Å². The van der Waals surface area contributed by atoms with Crippen LogP contribution in [0.1, 0.15) is 23.9 Å². The fourth-order valence-corrected chi connectivity index (χ4v) is 2.49. The van der Waals surface area contributed by atoms with Crippen molar-refractivity contribution in [1.29, 1.82) is 0 Å². The summed E-state index contributed by atoms with van der Waals surface area (Å²) in [7, 11) is 0. The van der Waals surface area contributed by atoms with E-state index in [1.807, 2.05) is 19.9 Å². The van der Waals surface area contributed by atoms with Gasteiger partial charge in [0.2, 0.25) is 0 Å². The van der Waals surface area contributed by atoms with Crippen LogP contribution in [0.25, 0.3) is 5.95 Å². The minimum atomic E-state index is -0.772. The van der Waals surface area contributed by atoms with Gasteiger partial charge in [-0.3, -0.25) is 10.1 Å². The topological polar surface area (TPSA) is 136 Å². The number of hydrogen-bond acceptors (Lipinski definition) is 8. The molecular weight excluding hydrogens is 354 g/mol. The molecule has 0 radical (unpaired) electrons. The molecule has 0 aliphatic rings. The van der Waals surface area contributed by atoms with Crippen molar-refractivity contribution < 1.29 is 14.8 Å². The molecule has 0 aliphatic carbocycles. The molecule has 11 heteroatoms. The second-order valence-corrected chi connectivity index (χ2v) is 5.62. The SMILES string of the molecule is CCOc1cc(C=Nn2cnnc2-n2nc(C)cc2C)cc([N+](=O)[O-])c1[O-]. The van der Waals surface area contributed by atoms with E-state index >= 15 is 0 Å². The van der Waals surface area contributed by atoms with E-state index in [9.17, 15) is 15.2 Å². The molecule has 27 heavy (non-hydrogen) atoms. The van der Waals surface area contributed by atoms with Gasteiger partial charge in [-0.1, -0.05) is 0 Å². The van der Waals surface area contributed by atoms with E-state index in [1.165, 1.54) is 23.3 Å². The Kier molecular flexibility index (Phi) is 4.83. The summed E-state index contributed by atoms with van der Waals surface area (Å²) in [5.74, 6) is -0.515. The van der Waals surface area contributed by atoms with Gasteiger partial charge in [0.25, 0.3) is 11.6 Å². The van der Waals surface area contributed by atoms with Crippen LogP contribution in [0.3, 0.4) is 0 Å². The summed E-state index contributed by atoms with van der Waals surface area (Å²) in [5, 5.41) is 39.5. The number of ether oxygens (including phenoxy) is 1. The normalized spacial score (nSPS) is 11.2. The molecule has 1 aromatic carbocycles. The van der Waals surface area contributed by atoms with Gasteiger partial charge in [-0.05, 0) is 32.9 Å². The molecule has 0 amide bonds. The van der Waals surface area contributed by atoms with Gasteiger partial charge < -0.3 is 9.84 Å². The maximum absolute atomic E-state index is 12.0. The Morgan fingerprint density at radius 1 is 1.33 bits per heavy atom. The molecule has 2 heterocycles. The molecule has 3 rings (SSSR count).